The summed E-state index contributed by atoms with van der Waals surface area (Å²) in [6.07, 6.45) is 0. The minimum absolute atomic E-state index is 0.311. The van der Waals surface area contributed by atoms with Crippen LogP contribution in [0.1, 0.15) is 5.56 Å². The number of hydrogen-bond donors (Lipinski definition) is 2. The van der Waals surface area contributed by atoms with Crippen molar-refractivity contribution in [1.82, 2.24) is 5.32 Å². The Kier molecular flexibility index (Phi) is 4.29. The van der Waals surface area contributed by atoms with Crippen LogP contribution in [0.2, 0.25) is 0 Å². The second-order valence-corrected chi connectivity index (χ2v) is 2.84. The number of phenols is 1. The fourth-order valence-corrected chi connectivity index (χ4v) is 1.07. The van der Waals surface area contributed by atoms with Gasteiger partial charge in [0.15, 0.2) is 0 Å². The summed E-state index contributed by atoms with van der Waals surface area (Å²) in [6, 6.07) is 7.22. The van der Waals surface area contributed by atoms with Gasteiger partial charge in [0.1, 0.15) is 5.75 Å². The van der Waals surface area contributed by atoms with Crippen LogP contribution in [0.25, 0.3) is 0 Å². The molecule has 0 aliphatic rings. The largest absolute Gasteiger partial charge is 0.508 e. The van der Waals surface area contributed by atoms with Crippen LogP contribution in [0.3, 0.4) is 0 Å². The normalized spacial score (nSPS) is 10.2. The van der Waals surface area contributed by atoms with E-state index in [-0.39, 0.29) is 0 Å². The molecule has 0 atom stereocenters. The molecule has 3 heteroatoms. The van der Waals surface area contributed by atoms with Gasteiger partial charge in [0.05, 0.1) is 6.61 Å². The zero-order valence-corrected chi connectivity index (χ0v) is 7.79. The second-order valence-electron chi connectivity index (χ2n) is 2.84. The zero-order chi connectivity index (χ0) is 9.52. The summed E-state index contributed by atoms with van der Waals surface area (Å²) in [5.41, 5.74) is 1.08. The lowest BCUT2D eigenvalue weighted by molar-refractivity contribution is 0.199. The van der Waals surface area contributed by atoms with Crippen LogP contribution in [0.4, 0.5) is 0 Å². The van der Waals surface area contributed by atoms with E-state index in [1.807, 2.05) is 12.1 Å². The lowest BCUT2D eigenvalue weighted by Crippen LogP contribution is -2.18. The first-order valence-electron chi connectivity index (χ1n) is 4.30. The monoisotopic (exact) mass is 181 g/mol. The summed E-state index contributed by atoms with van der Waals surface area (Å²) in [5.74, 6) is 0.311. The summed E-state index contributed by atoms with van der Waals surface area (Å²) in [4.78, 5) is 0. The van der Waals surface area contributed by atoms with Crippen molar-refractivity contribution in [1.29, 1.82) is 0 Å². The quantitative estimate of drug-likeness (QED) is 0.669. The summed E-state index contributed by atoms with van der Waals surface area (Å²) < 4.78 is 4.89. The first-order chi connectivity index (χ1) is 6.33. The number of rotatable bonds is 5. The van der Waals surface area contributed by atoms with Crippen molar-refractivity contribution in [3.63, 3.8) is 0 Å². The molecular formula is C10H15NO2. The smallest absolute Gasteiger partial charge is 0.115 e. The predicted octanol–water partition coefficient (Wildman–Crippen LogP) is 1.13. The van der Waals surface area contributed by atoms with Gasteiger partial charge in [-0.05, 0) is 17.7 Å². The van der Waals surface area contributed by atoms with Crippen molar-refractivity contribution in [2.75, 3.05) is 20.3 Å². The highest BCUT2D eigenvalue weighted by atomic mass is 16.5. The second kappa shape index (κ2) is 5.56. The van der Waals surface area contributed by atoms with Crippen LogP contribution in [-0.2, 0) is 11.3 Å². The molecule has 0 heterocycles. The molecule has 1 rings (SSSR count). The van der Waals surface area contributed by atoms with Crippen molar-refractivity contribution >= 4 is 0 Å². The third kappa shape index (κ3) is 3.92. The number of methoxy groups -OCH3 is 1. The van der Waals surface area contributed by atoms with Crippen molar-refractivity contribution in [2.45, 2.75) is 6.54 Å². The van der Waals surface area contributed by atoms with Crippen molar-refractivity contribution < 1.29 is 9.84 Å². The number of ether oxygens (including phenoxy) is 1. The summed E-state index contributed by atoms with van der Waals surface area (Å²) in [5, 5.41) is 12.4. The Morgan fingerprint density at radius 1 is 1.46 bits per heavy atom. The molecule has 1 aromatic rings. The molecule has 0 aliphatic carbocycles. The molecule has 0 aliphatic heterocycles. The number of phenolic OH excluding ortho intramolecular Hbond substituents is 1. The molecule has 3 nitrogen and oxygen atoms in total. The fourth-order valence-electron chi connectivity index (χ4n) is 1.07. The predicted molar refractivity (Wildman–Crippen MR) is 51.7 cm³/mol. The molecule has 1 aromatic carbocycles. The van der Waals surface area contributed by atoms with Crippen LogP contribution in [0, 0.1) is 0 Å². The van der Waals surface area contributed by atoms with E-state index in [0.29, 0.717) is 12.4 Å². The molecule has 0 bridgehead atoms. The van der Waals surface area contributed by atoms with Crippen LogP contribution >= 0.6 is 0 Å². The molecule has 0 fully saturated rings. The summed E-state index contributed by atoms with van der Waals surface area (Å²) >= 11 is 0. The third-order valence-electron chi connectivity index (χ3n) is 1.72. The van der Waals surface area contributed by atoms with E-state index >= 15 is 0 Å². The first-order valence-corrected chi connectivity index (χ1v) is 4.30. The van der Waals surface area contributed by atoms with E-state index in [2.05, 4.69) is 5.32 Å². The molecule has 0 saturated heterocycles. The third-order valence-corrected chi connectivity index (χ3v) is 1.72. The lowest BCUT2D eigenvalue weighted by atomic mass is 10.2. The molecule has 0 amide bonds. The highest BCUT2D eigenvalue weighted by molar-refractivity contribution is 5.26. The minimum atomic E-state index is 0.311. The van der Waals surface area contributed by atoms with E-state index in [1.165, 1.54) is 0 Å². The van der Waals surface area contributed by atoms with E-state index in [0.717, 1.165) is 18.7 Å². The zero-order valence-electron chi connectivity index (χ0n) is 7.79. The highest BCUT2D eigenvalue weighted by Crippen LogP contribution is 2.09. The minimum Gasteiger partial charge on any atom is -0.508 e. The van der Waals surface area contributed by atoms with E-state index in [9.17, 15) is 0 Å². The summed E-state index contributed by atoms with van der Waals surface area (Å²) in [7, 11) is 1.68. The lowest BCUT2D eigenvalue weighted by Gasteiger charge is -2.04. The molecule has 0 aromatic heterocycles. The highest BCUT2D eigenvalue weighted by Gasteiger charge is 1.93. The van der Waals surface area contributed by atoms with Gasteiger partial charge in [0.2, 0.25) is 0 Å². The van der Waals surface area contributed by atoms with Crippen LogP contribution in [0.5, 0.6) is 5.75 Å². The Balaban J connectivity index is 2.28. The van der Waals surface area contributed by atoms with Gasteiger partial charge in [-0.3, -0.25) is 0 Å². The molecule has 72 valence electrons. The average Bonchev–Trinajstić information content (AvgIpc) is 2.13. The number of nitrogens with one attached hydrogen (secondary N) is 1. The average molecular weight is 181 g/mol. The first kappa shape index (κ1) is 10.0. The SMILES string of the molecule is COCCNCc1cccc(O)c1. The van der Waals surface area contributed by atoms with E-state index in [1.54, 1.807) is 19.2 Å². The van der Waals surface area contributed by atoms with Crippen molar-refractivity contribution in [2.24, 2.45) is 0 Å². The molecule has 0 unspecified atom stereocenters. The van der Waals surface area contributed by atoms with Crippen LogP contribution < -0.4 is 5.32 Å². The standard InChI is InChI=1S/C10H15NO2/c1-13-6-5-11-8-9-3-2-4-10(12)7-9/h2-4,7,11-12H,5-6,8H2,1H3. The Hall–Kier alpha value is -1.06. The molecule has 0 spiro atoms. The maximum Gasteiger partial charge on any atom is 0.115 e. The van der Waals surface area contributed by atoms with E-state index < -0.39 is 0 Å². The number of benzene rings is 1. The van der Waals surface area contributed by atoms with Gasteiger partial charge in [0, 0.05) is 20.2 Å². The van der Waals surface area contributed by atoms with E-state index in [4.69, 9.17) is 9.84 Å². The van der Waals surface area contributed by atoms with Crippen LogP contribution in [-0.4, -0.2) is 25.4 Å². The van der Waals surface area contributed by atoms with Gasteiger partial charge >= 0.3 is 0 Å². The molecular weight excluding hydrogens is 166 g/mol. The van der Waals surface area contributed by atoms with Gasteiger partial charge in [-0.25, -0.2) is 0 Å². The maximum absolute atomic E-state index is 9.16. The molecule has 2 N–H and O–H groups in total. The maximum atomic E-state index is 9.16. The van der Waals surface area contributed by atoms with Crippen molar-refractivity contribution in [3.05, 3.63) is 29.8 Å². The number of aromatic hydroxyl groups is 1. The molecule has 0 saturated carbocycles. The topological polar surface area (TPSA) is 41.5 Å². The van der Waals surface area contributed by atoms with Crippen molar-refractivity contribution in [3.8, 4) is 5.75 Å². The Morgan fingerprint density at radius 3 is 3.00 bits per heavy atom. The van der Waals surface area contributed by atoms with Crippen LogP contribution in [0.15, 0.2) is 24.3 Å². The Labute approximate surface area is 78.3 Å². The number of hydrogen-bond acceptors (Lipinski definition) is 3. The Morgan fingerprint density at radius 2 is 2.31 bits per heavy atom. The Bertz CT molecular complexity index is 250. The van der Waals surface area contributed by atoms with Gasteiger partial charge in [0.25, 0.3) is 0 Å². The molecule has 13 heavy (non-hydrogen) atoms. The molecule has 0 radical (unpaired) electrons. The van der Waals surface area contributed by atoms with Gasteiger partial charge in [-0.15, -0.1) is 0 Å². The fraction of sp³-hybridized carbons (Fsp3) is 0.400. The summed E-state index contributed by atoms with van der Waals surface area (Å²) in [6.45, 7) is 2.29. The van der Waals surface area contributed by atoms with Gasteiger partial charge in [-0.2, -0.15) is 0 Å². The van der Waals surface area contributed by atoms with Gasteiger partial charge < -0.3 is 15.2 Å². The van der Waals surface area contributed by atoms with Gasteiger partial charge in [-0.1, -0.05) is 12.1 Å².